The molecule has 1 heterocycles. The monoisotopic (exact) mass is 201 g/mol. The van der Waals surface area contributed by atoms with Crippen LogP contribution in [0.1, 0.15) is 6.42 Å². The van der Waals surface area contributed by atoms with Crippen molar-refractivity contribution in [2.24, 2.45) is 0 Å². The van der Waals surface area contributed by atoms with Crippen molar-refractivity contribution in [1.29, 1.82) is 0 Å². The molecule has 14 heavy (non-hydrogen) atoms. The van der Waals surface area contributed by atoms with Gasteiger partial charge in [-0.2, -0.15) is 0 Å². The van der Waals surface area contributed by atoms with E-state index in [1.807, 2.05) is 0 Å². The molecule has 0 aromatic heterocycles. The summed E-state index contributed by atoms with van der Waals surface area (Å²) in [6.07, 6.45) is 1.10. The lowest BCUT2D eigenvalue weighted by Crippen LogP contribution is -2.39. The molecule has 1 N–H and O–H groups in total. The minimum absolute atomic E-state index is 0.00870. The quantitative estimate of drug-likeness (QED) is 0.613. The summed E-state index contributed by atoms with van der Waals surface area (Å²) in [4.78, 5) is 18.5. The number of carbonyl (C=O) groups excluding carboxylic acids is 1. The van der Waals surface area contributed by atoms with Crippen molar-refractivity contribution >= 4 is 5.91 Å². The molecule has 1 fully saturated rings. The van der Waals surface area contributed by atoms with Gasteiger partial charge in [-0.25, -0.2) is 5.06 Å². The highest BCUT2D eigenvalue weighted by molar-refractivity contribution is 5.76. The van der Waals surface area contributed by atoms with Crippen molar-refractivity contribution in [2.45, 2.75) is 6.42 Å². The second-order valence-electron chi connectivity index (χ2n) is 3.45. The summed E-state index contributed by atoms with van der Waals surface area (Å²) in [5.74, 6) is 0.00870. The lowest BCUT2D eigenvalue weighted by molar-refractivity contribution is -0.169. The van der Waals surface area contributed by atoms with Crippen molar-refractivity contribution in [3.8, 4) is 0 Å². The Morgan fingerprint density at radius 2 is 2.29 bits per heavy atom. The maximum Gasteiger partial charge on any atom is 0.259 e. The molecule has 5 heteroatoms. The van der Waals surface area contributed by atoms with E-state index in [4.69, 9.17) is 4.84 Å². The van der Waals surface area contributed by atoms with Gasteiger partial charge in [-0.1, -0.05) is 0 Å². The summed E-state index contributed by atoms with van der Waals surface area (Å²) in [5.41, 5.74) is 0. The van der Waals surface area contributed by atoms with Crippen LogP contribution in [0.5, 0.6) is 0 Å². The second kappa shape index (κ2) is 5.95. The highest BCUT2D eigenvalue weighted by Gasteiger charge is 2.15. The maximum atomic E-state index is 11.5. The molecule has 0 bridgehead atoms. The highest BCUT2D eigenvalue weighted by Crippen LogP contribution is 1.96. The van der Waals surface area contributed by atoms with E-state index in [0.717, 1.165) is 32.6 Å². The van der Waals surface area contributed by atoms with Gasteiger partial charge in [0.1, 0.15) is 0 Å². The fraction of sp³-hybridized carbons (Fsp3) is 0.889. The van der Waals surface area contributed by atoms with Gasteiger partial charge in [0.15, 0.2) is 0 Å². The van der Waals surface area contributed by atoms with E-state index >= 15 is 0 Å². The first-order valence-electron chi connectivity index (χ1n) is 4.98. The van der Waals surface area contributed by atoms with Crippen molar-refractivity contribution in [3.63, 3.8) is 0 Å². The van der Waals surface area contributed by atoms with Crippen LogP contribution >= 0.6 is 0 Å². The van der Waals surface area contributed by atoms with Crippen LogP contribution in [-0.4, -0.2) is 62.8 Å². The van der Waals surface area contributed by atoms with Gasteiger partial charge in [-0.3, -0.25) is 14.5 Å². The molecule has 1 saturated heterocycles. The molecule has 1 aliphatic rings. The average molecular weight is 201 g/mol. The zero-order valence-electron chi connectivity index (χ0n) is 8.95. The number of hydrogen-bond acceptors (Lipinski definition) is 4. The molecule has 0 unspecified atom stereocenters. The van der Waals surface area contributed by atoms with Crippen LogP contribution in [0.4, 0.5) is 0 Å². The molecule has 5 nitrogen and oxygen atoms in total. The van der Waals surface area contributed by atoms with Gasteiger partial charge in [0.2, 0.25) is 0 Å². The smallest absolute Gasteiger partial charge is 0.259 e. The Kier molecular flexibility index (Phi) is 4.86. The standard InChI is InChI=1S/C9H19N3O2/c1-11(14-2)9(13)8-12-6-3-4-10-5-7-12/h10H,3-8H2,1-2H3. The predicted molar refractivity (Wildman–Crippen MR) is 53.7 cm³/mol. The number of carbonyl (C=O) groups is 1. The molecular weight excluding hydrogens is 182 g/mol. The minimum Gasteiger partial charge on any atom is -0.315 e. The van der Waals surface area contributed by atoms with Gasteiger partial charge in [0, 0.05) is 20.1 Å². The zero-order chi connectivity index (χ0) is 10.4. The number of amides is 1. The van der Waals surface area contributed by atoms with E-state index in [0.29, 0.717) is 6.54 Å². The van der Waals surface area contributed by atoms with Crippen molar-refractivity contribution in [2.75, 3.05) is 46.9 Å². The Labute approximate surface area is 85.0 Å². The van der Waals surface area contributed by atoms with E-state index in [1.54, 1.807) is 7.05 Å². The van der Waals surface area contributed by atoms with Crippen LogP contribution < -0.4 is 5.32 Å². The minimum atomic E-state index is 0.00870. The number of likely N-dealkylation sites (N-methyl/N-ethyl adjacent to an activating group) is 1. The van der Waals surface area contributed by atoms with Crippen LogP contribution in [0.3, 0.4) is 0 Å². The summed E-state index contributed by atoms with van der Waals surface area (Å²) < 4.78 is 0. The van der Waals surface area contributed by atoms with Crippen LogP contribution in [0.15, 0.2) is 0 Å². The predicted octanol–water partition coefficient (Wildman–Crippen LogP) is -0.698. The molecule has 1 aliphatic heterocycles. The van der Waals surface area contributed by atoms with Crippen LogP contribution in [0, 0.1) is 0 Å². The molecule has 0 aromatic rings. The third-order valence-electron chi connectivity index (χ3n) is 2.42. The lowest BCUT2D eigenvalue weighted by Gasteiger charge is -2.21. The number of nitrogens with zero attached hydrogens (tertiary/aromatic N) is 2. The van der Waals surface area contributed by atoms with Gasteiger partial charge < -0.3 is 5.32 Å². The molecule has 0 atom stereocenters. The second-order valence-corrected chi connectivity index (χ2v) is 3.45. The SMILES string of the molecule is CON(C)C(=O)CN1CCCNCC1. The number of hydrogen-bond donors (Lipinski definition) is 1. The number of nitrogens with one attached hydrogen (secondary N) is 1. The van der Waals surface area contributed by atoms with E-state index in [9.17, 15) is 4.79 Å². The summed E-state index contributed by atoms with van der Waals surface area (Å²) in [5, 5.41) is 4.57. The maximum absolute atomic E-state index is 11.5. The van der Waals surface area contributed by atoms with Crippen molar-refractivity contribution in [3.05, 3.63) is 0 Å². The van der Waals surface area contributed by atoms with Gasteiger partial charge >= 0.3 is 0 Å². The molecule has 1 rings (SSSR count). The molecular formula is C9H19N3O2. The van der Waals surface area contributed by atoms with E-state index in [1.165, 1.54) is 12.2 Å². The average Bonchev–Trinajstić information content (AvgIpc) is 2.45. The van der Waals surface area contributed by atoms with E-state index < -0.39 is 0 Å². The van der Waals surface area contributed by atoms with Gasteiger partial charge in [-0.05, 0) is 19.5 Å². The third kappa shape index (κ3) is 3.61. The van der Waals surface area contributed by atoms with E-state index in [-0.39, 0.29) is 5.91 Å². The largest absolute Gasteiger partial charge is 0.315 e. The van der Waals surface area contributed by atoms with E-state index in [2.05, 4.69) is 10.2 Å². The third-order valence-corrected chi connectivity index (χ3v) is 2.42. The van der Waals surface area contributed by atoms with Crippen LogP contribution in [-0.2, 0) is 9.63 Å². The van der Waals surface area contributed by atoms with Crippen molar-refractivity contribution in [1.82, 2.24) is 15.3 Å². The summed E-state index contributed by atoms with van der Waals surface area (Å²) in [6, 6.07) is 0. The lowest BCUT2D eigenvalue weighted by atomic mass is 10.4. The van der Waals surface area contributed by atoms with Gasteiger partial charge in [-0.15, -0.1) is 0 Å². The van der Waals surface area contributed by atoms with Crippen LogP contribution in [0.25, 0.3) is 0 Å². The fourth-order valence-corrected chi connectivity index (χ4v) is 1.45. The molecule has 82 valence electrons. The van der Waals surface area contributed by atoms with Crippen LogP contribution in [0.2, 0.25) is 0 Å². The molecule has 0 saturated carbocycles. The molecule has 0 spiro atoms. The van der Waals surface area contributed by atoms with Gasteiger partial charge in [0.05, 0.1) is 13.7 Å². The topological polar surface area (TPSA) is 44.8 Å². The Hall–Kier alpha value is -0.650. The Morgan fingerprint density at radius 1 is 1.50 bits per heavy atom. The summed E-state index contributed by atoms with van der Waals surface area (Å²) in [7, 11) is 3.14. The first-order valence-corrected chi connectivity index (χ1v) is 4.98. The zero-order valence-corrected chi connectivity index (χ0v) is 8.95. The normalized spacial score (nSPS) is 19.0. The highest BCUT2D eigenvalue weighted by atomic mass is 16.7. The van der Waals surface area contributed by atoms with Gasteiger partial charge in [0.25, 0.3) is 5.91 Å². The number of rotatable bonds is 3. The fourth-order valence-electron chi connectivity index (χ4n) is 1.45. The Bertz CT molecular complexity index is 179. The Balaban J connectivity index is 2.30. The first-order chi connectivity index (χ1) is 6.74. The summed E-state index contributed by atoms with van der Waals surface area (Å²) in [6.45, 7) is 4.38. The number of hydroxylamine groups is 2. The molecule has 1 amide bonds. The Morgan fingerprint density at radius 3 is 3.00 bits per heavy atom. The molecule has 0 aromatic carbocycles. The van der Waals surface area contributed by atoms with Crippen molar-refractivity contribution < 1.29 is 9.63 Å². The summed E-state index contributed by atoms with van der Waals surface area (Å²) >= 11 is 0. The molecule has 0 aliphatic carbocycles. The first kappa shape index (κ1) is 11.4. The molecule has 0 radical (unpaired) electrons.